The predicted molar refractivity (Wildman–Crippen MR) is 123 cm³/mol. The number of amides is 3. The normalized spacial score (nSPS) is 22.0. The summed E-state index contributed by atoms with van der Waals surface area (Å²) in [6, 6.07) is 4.43. The zero-order valence-electron chi connectivity index (χ0n) is 19.7. The van der Waals surface area contributed by atoms with Gasteiger partial charge in [0.15, 0.2) is 5.78 Å². The fourth-order valence-electron chi connectivity index (χ4n) is 4.58. The van der Waals surface area contributed by atoms with Gasteiger partial charge in [-0.1, -0.05) is 27.7 Å². The number of hydrogen-bond acceptors (Lipinski definition) is 6. The highest BCUT2D eigenvalue weighted by atomic mass is 16.3. The second-order valence-corrected chi connectivity index (χ2v) is 9.73. The number of aliphatic hydroxyl groups is 1. The van der Waals surface area contributed by atoms with Crippen LogP contribution in [0.4, 0.5) is 5.69 Å². The van der Waals surface area contributed by atoms with Gasteiger partial charge in [-0.05, 0) is 48.9 Å². The van der Waals surface area contributed by atoms with Gasteiger partial charge in [0.25, 0.3) is 11.8 Å². The first-order valence-electron chi connectivity index (χ1n) is 11.5. The Hall–Kier alpha value is -2.94. The van der Waals surface area contributed by atoms with E-state index < -0.39 is 30.1 Å². The third kappa shape index (κ3) is 5.19. The summed E-state index contributed by atoms with van der Waals surface area (Å²) in [4.78, 5) is 54.7. The number of rotatable bonds is 7. The first kappa shape index (κ1) is 24.7. The van der Waals surface area contributed by atoms with Gasteiger partial charge in [0.05, 0.1) is 12.6 Å². The van der Waals surface area contributed by atoms with E-state index in [-0.39, 0.29) is 36.0 Å². The number of nitrogen functional groups attached to an aromatic ring is 1. The maximum atomic E-state index is 13.5. The minimum atomic E-state index is -1.19. The minimum Gasteiger partial charge on any atom is -0.399 e. The summed E-state index contributed by atoms with van der Waals surface area (Å²) in [5, 5.41) is 13.0. The molecule has 4 N–H and O–H groups in total. The van der Waals surface area contributed by atoms with Crippen LogP contribution in [0.1, 0.15) is 50.9 Å². The molecule has 1 aromatic carbocycles. The zero-order chi connectivity index (χ0) is 24.4. The van der Waals surface area contributed by atoms with E-state index in [1.165, 1.54) is 9.80 Å². The van der Waals surface area contributed by atoms with Gasteiger partial charge in [-0.15, -0.1) is 0 Å². The van der Waals surface area contributed by atoms with Crippen molar-refractivity contribution >= 4 is 29.2 Å². The molecule has 3 rings (SSSR count). The highest BCUT2D eigenvalue weighted by Crippen LogP contribution is 2.31. The van der Waals surface area contributed by atoms with Gasteiger partial charge in [0.1, 0.15) is 18.2 Å². The number of nitrogens with one attached hydrogen (secondary N) is 1. The van der Waals surface area contributed by atoms with E-state index in [0.717, 1.165) is 0 Å². The smallest absolute Gasteiger partial charge is 0.252 e. The summed E-state index contributed by atoms with van der Waals surface area (Å²) in [5.41, 5.74) is 6.61. The van der Waals surface area contributed by atoms with Gasteiger partial charge in [-0.3, -0.25) is 19.2 Å². The van der Waals surface area contributed by atoms with Crippen LogP contribution in [-0.4, -0.2) is 75.7 Å². The lowest BCUT2D eigenvalue weighted by molar-refractivity contribution is -0.144. The van der Waals surface area contributed by atoms with Crippen LogP contribution in [0.2, 0.25) is 0 Å². The van der Waals surface area contributed by atoms with E-state index in [2.05, 4.69) is 5.32 Å². The molecule has 9 heteroatoms. The number of nitrogens with two attached hydrogens (primary N) is 1. The van der Waals surface area contributed by atoms with Crippen molar-refractivity contribution in [3.63, 3.8) is 0 Å². The molecule has 4 unspecified atom stereocenters. The summed E-state index contributed by atoms with van der Waals surface area (Å²) in [5.74, 6) is -1.56. The number of aliphatic hydroxyl groups excluding tert-OH is 1. The number of ketones is 1. The molecule has 0 aliphatic carbocycles. The number of hydrogen-bond donors (Lipinski definition) is 3. The molecule has 2 aliphatic rings. The summed E-state index contributed by atoms with van der Waals surface area (Å²) in [6.07, 6.45) is -0.316. The molecule has 0 bridgehead atoms. The number of carbonyl (C=O) groups is 4. The molecule has 0 radical (unpaired) electrons. The lowest BCUT2D eigenvalue weighted by atomic mass is 10.0. The summed E-state index contributed by atoms with van der Waals surface area (Å²) in [6.45, 7) is 7.58. The summed E-state index contributed by atoms with van der Waals surface area (Å²) >= 11 is 0. The Morgan fingerprint density at radius 1 is 1.09 bits per heavy atom. The topological polar surface area (TPSA) is 133 Å². The largest absolute Gasteiger partial charge is 0.399 e. The number of fused-ring (bicyclic) bond motifs is 1. The van der Waals surface area contributed by atoms with Gasteiger partial charge in [-0.25, -0.2) is 0 Å². The van der Waals surface area contributed by atoms with Crippen LogP contribution in [0.5, 0.6) is 0 Å². The fraction of sp³-hybridized carbons (Fsp3) is 0.583. The molecule has 180 valence electrons. The van der Waals surface area contributed by atoms with E-state index in [1.807, 2.05) is 13.8 Å². The molecule has 2 fully saturated rings. The molecule has 1 aromatic rings. The third-order valence-corrected chi connectivity index (χ3v) is 6.36. The van der Waals surface area contributed by atoms with Crippen molar-refractivity contribution < 1.29 is 24.3 Å². The number of nitrogens with zero attached hydrogens (tertiary/aromatic N) is 2. The van der Waals surface area contributed by atoms with Crippen molar-refractivity contribution in [2.75, 3.05) is 18.8 Å². The van der Waals surface area contributed by atoms with Crippen molar-refractivity contribution in [1.29, 1.82) is 0 Å². The van der Waals surface area contributed by atoms with Crippen LogP contribution >= 0.6 is 0 Å². The van der Waals surface area contributed by atoms with Crippen molar-refractivity contribution in [2.24, 2.45) is 11.8 Å². The Bertz CT molecular complexity index is 914. The molecular weight excluding hydrogens is 424 g/mol. The minimum absolute atomic E-state index is 0.117. The third-order valence-electron chi connectivity index (χ3n) is 6.36. The van der Waals surface area contributed by atoms with E-state index >= 15 is 0 Å². The second-order valence-electron chi connectivity index (χ2n) is 9.73. The fourth-order valence-corrected chi connectivity index (χ4v) is 4.58. The molecule has 2 saturated heterocycles. The molecule has 9 nitrogen and oxygen atoms in total. The van der Waals surface area contributed by atoms with E-state index in [4.69, 9.17) is 5.73 Å². The maximum Gasteiger partial charge on any atom is 0.252 e. The van der Waals surface area contributed by atoms with Crippen molar-refractivity contribution in [3.05, 3.63) is 29.8 Å². The van der Waals surface area contributed by atoms with E-state index in [9.17, 15) is 24.3 Å². The standard InChI is InChI=1S/C24H34N4O5/c1-13(2)11-17(26-22(31)15-5-7-16(25)8-6-15)23(32)27-10-9-18-20(27)19(29)12-28(18)24(33)21(30)14(3)4/h5-8,13-14,17-18,20-21,30H,9-12,25H2,1-4H3,(H,26,31). The van der Waals surface area contributed by atoms with Crippen LogP contribution < -0.4 is 11.1 Å². The summed E-state index contributed by atoms with van der Waals surface area (Å²) < 4.78 is 0. The number of anilines is 1. The number of likely N-dealkylation sites (tertiary alicyclic amines) is 2. The molecule has 2 heterocycles. The van der Waals surface area contributed by atoms with Crippen LogP contribution in [0.15, 0.2) is 24.3 Å². The predicted octanol–water partition coefficient (Wildman–Crippen LogP) is 0.811. The molecular formula is C24H34N4O5. The van der Waals surface area contributed by atoms with Gasteiger partial charge in [-0.2, -0.15) is 0 Å². The average molecular weight is 459 g/mol. The zero-order valence-corrected chi connectivity index (χ0v) is 19.7. The highest BCUT2D eigenvalue weighted by molar-refractivity contribution is 6.01. The lowest BCUT2D eigenvalue weighted by Gasteiger charge is -2.29. The molecule has 3 amide bonds. The Morgan fingerprint density at radius 2 is 1.73 bits per heavy atom. The van der Waals surface area contributed by atoms with Crippen LogP contribution in [0.25, 0.3) is 0 Å². The Balaban J connectivity index is 1.77. The number of benzene rings is 1. The molecule has 0 spiro atoms. The number of Topliss-reactive ketones (excluding diaryl/α,β-unsaturated/α-hetero) is 1. The van der Waals surface area contributed by atoms with Crippen molar-refractivity contribution in [3.8, 4) is 0 Å². The van der Waals surface area contributed by atoms with Crippen LogP contribution in [0.3, 0.4) is 0 Å². The first-order valence-corrected chi connectivity index (χ1v) is 11.5. The van der Waals surface area contributed by atoms with Gasteiger partial charge < -0.3 is 26.0 Å². The van der Waals surface area contributed by atoms with Gasteiger partial charge in [0, 0.05) is 17.8 Å². The second kappa shape index (κ2) is 9.91. The Labute approximate surface area is 194 Å². The van der Waals surface area contributed by atoms with Gasteiger partial charge >= 0.3 is 0 Å². The van der Waals surface area contributed by atoms with Crippen molar-refractivity contribution in [2.45, 2.75) is 64.8 Å². The number of carbonyl (C=O) groups excluding carboxylic acids is 4. The molecule has 33 heavy (non-hydrogen) atoms. The SMILES string of the molecule is CC(C)CC(NC(=O)c1ccc(N)cc1)C(=O)N1CCC2C1C(=O)CN2C(=O)C(O)C(C)C. The highest BCUT2D eigenvalue weighted by Gasteiger charge is 2.53. The van der Waals surface area contributed by atoms with E-state index in [1.54, 1.807) is 38.1 Å². The van der Waals surface area contributed by atoms with Crippen LogP contribution in [-0.2, 0) is 14.4 Å². The van der Waals surface area contributed by atoms with E-state index in [0.29, 0.717) is 30.6 Å². The maximum absolute atomic E-state index is 13.5. The monoisotopic (exact) mass is 458 g/mol. The van der Waals surface area contributed by atoms with Gasteiger partial charge in [0.2, 0.25) is 5.91 Å². The molecule has 0 aromatic heterocycles. The Morgan fingerprint density at radius 3 is 2.30 bits per heavy atom. The molecule has 0 saturated carbocycles. The van der Waals surface area contributed by atoms with Crippen molar-refractivity contribution in [1.82, 2.24) is 15.1 Å². The first-order chi connectivity index (χ1) is 15.5. The Kier molecular flexibility index (Phi) is 7.41. The average Bonchev–Trinajstić information content (AvgIpc) is 3.33. The summed E-state index contributed by atoms with van der Waals surface area (Å²) in [7, 11) is 0. The molecule has 4 atom stereocenters. The molecule has 2 aliphatic heterocycles. The lowest BCUT2D eigenvalue weighted by Crippen LogP contribution is -2.53. The quantitative estimate of drug-likeness (QED) is 0.518. The van der Waals surface area contributed by atoms with Crippen LogP contribution in [0, 0.1) is 11.8 Å².